The molecule has 6 heteroatoms. The van der Waals surface area contributed by atoms with Gasteiger partial charge in [-0.25, -0.2) is 9.67 Å². The zero-order chi connectivity index (χ0) is 20.1. The van der Waals surface area contributed by atoms with Crippen molar-refractivity contribution in [2.24, 2.45) is 0 Å². The molecule has 0 aliphatic rings. The number of aryl methyl sites for hydroxylation is 1. The summed E-state index contributed by atoms with van der Waals surface area (Å²) in [6.07, 6.45) is 0. The van der Waals surface area contributed by atoms with E-state index >= 15 is 0 Å². The fourth-order valence-electron chi connectivity index (χ4n) is 3.16. The van der Waals surface area contributed by atoms with Gasteiger partial charge in [0.05, 0.1) is 12.3 Å². The quantitative estimate of drug-likeness (QED) is 0.679. The van der Waals surface area contributed by atoms with Crippen molar-refractivity contribution < 1.29 is 9.53 Å². The van der Waals surface area contributed by atoms with E-state index in [2.05, 4.69) is 35.3 Å². The van der Waals surface area contributed by atoms with E-state index < -0.39 is 0 Å². The first kappa shape index (κ1) is 19.8. The summed E-state index contributed by atoms with van der Waals surface area (Å²) < 4.78 is 6.96. The van der Waals surface area contributed by atoms with Crippen molar-refractivity contribution in [3.8, 4) is 5.69 Å². The molecule has 1 amide bonds. The summed E-state index contributed by atoms with van der Waals surface area (Å²) in [4.78, 5) is 17.0. The van der Waals surface area contributed by atoms with Crippen LogP contribution >= 0.6 is 0 Å². The summed E-state index contributed by atoms with van der Waals surface area (Å²) in [5, 5.41) is 7.37. The Bertz CT molecular complexity index is 963. The second-order valence-corrected chi connectivity index (χ2v) is 6.99. The van der Waals surface area contributed by atoms with Crippen LogP contribution in [-0.2, 0) is 17.9 Å². The summed E-state index contributed by atoms with van der Waals surface area (Å²) in [5.41, 5.74) is 4.17. The number of nitrogens with one attached hydrogen (secondary N) is 1. The zero-order valence-electron chi connectivity index (χ0n) is 16.8. The molecule has 3 aromatic rings. The standard InChI is InChI=1S/C22H26N4O2/c1-15(2)19-11-7-8-12-20(19)26-16(3)24-21(25-26)22(27)23-13-17-9-5-6-10-18(17)14-28-4/h5-12,15H,13-14H2,1-4H3,(H,23,27). The molecule has 1 aromatic heterocycles. The predicted octanol–water partition coefficient (Wildman–Crippen LogP) is 3.78. The lowest BCUT2D eigenvalue weighted by atomic mass is 10.0. The number of carbonyl (C=O) groups is 1. The van der Waals surface area contributed by atoms with Crippen LogP contribution in [0, 0.1) is 6.92 Å². The number of nitrogens with zero attached hydrogens (tertiary/aromatic N) is 3. The third-order valence-electron chi connectivity index (χ3n) is 4.62. The van der Waals surface area contributed by atoms with E-state index in [4.69, 9.17) is 4.74 Å². The molecule has 0 saturated carbocycles. The molecule has 0 spiro atoms. The van der Waals surface area contributed by atoms with E-state index in [0.29, 0.717) is 24.9 Å². The zero-order valence-corrected chi connectivity index (χ0v) is 16.8. The molecule has 146 valence electrons. The number of para-hydroxylation sites is 1. The van der Waals surface area contributed by atoms with Gasteiger partial charge in [-0.3, -0.25) is 4.79 Å². The average molecular weight is 378 g/mol. The van der Waals surface area contributed by atoms with Gasteiger partial charge in [0.2, 0.25) is 5.82 Å². The van der Waals surface area contributed by atoms with Crippen LogP contribution in [0.1, 0.15) is 52.9 Å². The molecule has 3 rings (SSSR count). The highest BCUT2D eigenvalue weighted by molar-refractivity contribution is 5.90. The van der Waals surface area contributed by atoms with Gasteiger partial charge in [-0.1, -0.05) is 56.3 Å². The maximum absolute atomic E-state index is 12.6. The Labute approximate surface area is 165 Å². The molecule has 1 N–H and O–H groups in total. The number of rotatable bonds is 7. The first-order valence-electron chi connectivity index (χ1n) is 9.38. The van der Waals surface area contributed by atoms with E-state index in [1.807, 2.05) is 49.4 Å². The molecule has 0 atom stereocenters. The van der Waals surface area contributed by atoms with Crippen molar-refractivity contribution in [1.29, 1.82) is 0 Å². The van der Waals surface area contributed by atoms with Gasteiger partial charge in [0.1, 0.15) is 5.82 Å². The van der Waals surface area contributed by atoms with Gasteiger partial charge in [-0.15, -0.1) is 5.10 Å². The maximum atomic E-state index is 12.6. The summed E-state index contributed by atoms with van der Waals surface area (Å²) in [5.74, 6) is 0.892. The van der Waals surface area contributed by atoms with Crippen LogP contribution in [0.15, 0.2) is 48.5 Å². The lowest BCUT2D eigenvalue weighted by molar-refractivity contribution is 0.0940. The fourth-order valence-corrected chi connectivity index (χ4v) is 3.16. The summed E-state index contributed by atoms with van der Waals surface area (Å²) in [6, 6.07) is 15.9. The van der Waals surface area contributed by atoms with E-state index in [0.717, 1.165) is 22.4 Å². The maximum Gasteiger partial charge on any atom is 0.291 e. The Balaban J connectivity index is 1.79. The van der Waals surface area contributed by atoms with Crippen LogP contribution < -0.4 is 5.32 Å². The van der Waals surface area contributed by atoms with Crippen LogP contribution in [0.2, 0.25) is 0 Å². The van der Waals surface area contributed by atoms with Crippen molar-refractivity contribution in [1.82, 2.24) is 20.1 Å². The lowest BCUT2D eigenvalue weighted by Gasteiger charge is -2.12. The molecular formula is C22H26N4O2. The van der Waals surface area contributed by atoms with Gasteiger partial charge >= 0.3 is 0 Å². The third-order valence-corrected chi connectivity index (χ3v) is 4.62. The van der Waals surface area contributed by atoms with Crippen molar-refractivity contribution in [2.45, 2.75) is 39.8 Å². The van der Waals surface area contributed by atoms with Crippen molar-refractivity contribution in [3.05, 3.63) is 76.9 Å². The molecule has 0 unspecified atom stereocenters. The Morgan fingerprint density at radius 3 is 2.50 bits per heavy atom. The molecule has 0 bridgehead atoms. The molecule has 6 nitrogen and oxygen atoms in total. The molecule has 0 fully saturated rings. The smallest absolute Gasteiger partial charge is 0.291 e. The van der Waals surface area contributed by atoms with Crippen molar-refractivity contribution in [2.75, 3.05) is 7.11 Å². The molecule has 0 aliphatic heterocycles. The summed E-state index contributed by atoms with van der Waals surface area (Å²) >= 11 is 0. The van der Waals surface area contributed by atoms with E-state index in [1.165, 1.54) is 0 Å². The SMILES string of the molecule is COCc1ccccc1CNC(=O)c1nc(C)n(-c2ccccc2C(C)C)n1. The highest BCUT2D eigenvalue weighted by atomic mass is 16.5. The van der Waals surface area contributed by atoms with Crippen molar-refractivity contribution >= 4 is 5.91 Å². The highest BCUT2D eigenvalue weighted by Gasteiger charge is 2.17. The number of methoxy groups -OCH3 is 1. The highest BCUT2D eigenvalue weighted by Crippen LogP contribution is 2.23. The van der Waals surface area contributed by atoms with Crippen LogP contribution in [-0.4, -0.2) is 27.8 Å². The van der Waals surface area contributed by atoms with Gasteiger partial charge in [0.15, 0.2) is 0 Å². The number of benzene rings is 2. The molecule has 0 radical (unpaired) electrons. The Hall–Kier alpha value is -2.99. The molecule has 0 saturated heterocycles. The minimum atomic E-state index is -0.295. The van der Waals surface area contributed by atoms with Crippen LogP contribution in [0.4, 0.5) is 0 Å². The number of amides is 1. The third kappa shape index (κ3) is 4.28. The number of hydrogen-bond acceptors (Lipinski definition) is 4. The second kappa shape index (κ2) is 8.80. The molecular weight excluding hydrogens is 352 g/mol. The number of carbonyl (C=O) groups excluding carboxylic acids is 1. The monoisotopic (exact) mass is 378 g/mol. The number of aromatic nitrogens is 3. The Morgan fingerprint density at radius 2 is 1.79 bits per heavy atom. The van der Waals surface area contributed by atoms with Gasteiger partial charge in [-0.05, 0) is 35.6 Å². The second-order valence-electron chi connectivity index (χ2n) is 6.99. The first-order valence-corrected chi connectivity index (χ1v) is 9.38. The Morgan fingerprint density at radius 1 is 1.11 bits per heavy atom. The number of ether oxygens (including phenoxy) is 1. The predicted molar refractivity (Wildman–Crippen MR) is 109 cm³/mol. The van der Waals surface area contributed by atoms with Gasteiger partial charge in [0, 0.05) is 13.7 Å². The average Bonchev–Trinajstić information content (AvgIpc) is 3.09. The first-order chi connectivity index (χ1) is 13.5. The van der Waals surface area contributed by atoms with Crippen LogP contribution in [0.25, 0.3) is 5.69 Å². The summed E-state index contributed by atoms with van der Waals surface area (Å²) in [6.45, 7) is 7.03. The van der Waals surface area contributed by atoms with Crippen molar-refractivity contribution in [3.63, 3.8) is 0 Å². The molecule has 1 heterocycles. The minimum Gasteiger partial charge on any atom is -0.380 e. The van der Waals surface area contributed by atoms with Gasteiger partial charge in [-0.2, -0.15) is 0 Å². The molecule has 2 aromatic carbocycles. The van der Waals surface area contributed by atoms with Crippen LogP contribution in [0.5, 0.6) is 0 Å². The lowest BCUT2D eigenvalue weighted by Crippen LogP contribution is -2.24. The van der Waals surface area contributed by atoms with Gasteiger partial charge in [0.25, 0.3) is 5.91 Å². The minimum absolute atomic E-state index is 0.167. The van der Waals surface area contributed by atoms with Crippen LogP contribution in [0.3, 0.4) is 0 Å². The summed E-state index contributed by atoms with van der Waals surface area (Å²) in [7, 11) is 1.66. The number of hydrogen-bond donors (Lipinski definition) is 1. The fraction of sp³-hybridized carbons (Fsp3) is 0.318. The topological polar surface area (TPSA) is 69.0 Å². The Kier molecular flexibility index (Phi) is 6.21. The molecule has 0 aliphatic carbocycles. The molecule has 28 heavy (non-hydrogen) atoms. The van der Waals surface area contributed by atoms with E-state index in [1.54, 1.807) is 11.8 Å². The van der Waals surface area contributed by atoms with E-state index in [9.17, 15) is 4.79 Å². The van der Waals surface area contributed by atoms with Gasteiger partial charge < -0.3 is 10.1 Å². The van der Waals surface area contributed by atoms with E-state index in [-0.39, 0.29) is 11.7 Å². The largest absolute Gasteiger partial charge is 0.380 e. The normalized spacial score (nSPS) is 11.0.